The Kier molecular flexibility index (Phi) is 5.23. The molecule has 0 aliphatic carbocycles. The molecule has 0 spiro atoms. The van der Waals surface area contributed by atoms with E-state index in [0.717, 1.165) is 6.92 Å². The van der Waals surface area contributed by atoms with Crippen LogP contribution in [-0.4, -0.2) is 30.4 Å². The largest absolute Gasteiger partial charge is 0.424 e. The molecule has 0 heterocycles. The third-order valence-corrected chi connectivity index (χ3v) is 2.05. The zero-order chi connectivity index (χ0) is 12.1. The molecule has 1 atom stereocenters. The van der Waals surface area contributed by atoms with Gasteiger partial charge < -0.3 is 10.1 Å². The third-order valence-electron chi connectivity index (χ3n) is 1.30. The molecule has 88 valence electrons. The van der Waals surface area contributed by atoms with E-state index in [1.54, 1.807) is 6.92 Å². The van der Waals surface area contributed by atoms with Crippen LogP contribution in [0.4, 0.5) is 0 Å². The first-order chi connectivity index (χ1) is 6.77. The summed E-state index contributed by atoms with van der Waals surface area (Å²) in [4.78, 5) is 21.5. The van der Waals surface area contributed by atoms with Gasteiger partial charge in [0, 0.05) is 13.3 Å². The summed E-state index contributed by atoms with van der Waals surface area (Å²) in [6.45, 7) is 2.68. The Morgan fingerprint density at radius 1 is 1.47 bits per heavy atom. The van der Waals surface area contributed by atoms with Crippen LogP contribution in [0, 0.1) is 0 Å². The summed E-state index contributed by atoms with van der Waals surface area (Å²) in [5.41, 5.74) is -2.03. The average Bonchev–Trinajstić information content (AvgIpc) is 2.00. The lowest BCUT2D eigenvalue weighted by atomic mass is 10.3. The smallest absolute Gasteiger partial charge is 0.324 e. The van der Waals surface area contributed by atoms with Gasteiger partial charge in [-0.3, -0.25) is 14.1 Å². The van der Waals surface area contributed by atoms with Crippen molar-refractivity contribution in [3.05, 3.63) is 0 Å². The molecule has 0 bridgehead atoms. The maximum absolute atomic E-state index is 11.0. The zero-order valence-corrected chi connectivity index (χ0v) is 9.20. The average molecular weight is 239 g/mol. The summed E-state index contributed by atoms with van der Waals surface area (Å²) in [5, 5.41) is 1.87. The molecular weight excluding hydrogens is 226 g/mol. The van der Waals surface area contributed by atoms with Gasteiger partial charge in [-0.1, -0.05) is 6.92 Å². The summed E-state index contributed by atoms with van der Waals surface area (Å²) < 4.78 is 34.2. The second-order valence-corrected chi connectivity index (χ2v) is 4.23. The van der Waals surface area contributed by atoms with Crippen LogP contribution < -0.4 is 5.32 Å². The van der Waals surface area contributed by atoms with Crippen molar-refractivity contribution in [1.82, 2.24) is 5.32 Å². The lowest BCUT2D eigenvalue weighted by Crippen LogP contribution is -2.43. The minimum atomic E-state index is -4.65. The molecule has 0 aromatic rings. The van der Waals surface area contributed by atoms with Gasteiger partial charge in [-0.15, -0.1) is 0 Å². The number of nitrogens with one attached hydrogen (secondary N) is 1. The maximum Gasteiger partial charge on any atom is 0.324 e. The SMILES string of the molecule is CCCC(=O)NC(OC(C)=O)S(=O)(=O)O. The van der Waals surface area contributed by atoms with Gasteiger partial charge in [-0.05, 0) is 6.42 Å². The van der Waals surface area contributed by atoms with E-state index in [1.165, 1.54) is 0 Å². The lowest BCUT2D eigenvalue weighted by Gasteiger charge is -2.14. The molecule has 0 rings (SSSR count). The quantitative estimate of drug-likeness (QED) is 0.385. The molecule has 0 radical (unpaired) electrons. The normalized spacial score (nSPS) is 13.0. The molecule has 0 aliphatic heterocycles. The molecule has 15 heavy (non-hydrogen) atoms. The first-order valence-corrected chi connectivity index (χ1v) is 5.70. The van der Waals surface area contributed by atoms with Crippen molar-refractivity contribution >= 4 is 22.0 Å². The number of hydrogen-bond acceptors (Lipinski definition) is 5. The van der Waals surface area contributed by atoms with Crippen molar-refractivity contribution in [3.63, 3.8) is 0 Å². The number of hydrogen-bond donors (Lipinski definition) is 2. The Balaban J connectivity index is 4.53. The van der Waals surface area contributed by atoms with E-state index >= 15 is 0 Å². The van der Waals surface area contributed by atoms with Gasteiger partial charge in [0.25, 0.3) is 0 Å². The first-order valence-electron chi connectivity index (χ1n) is 4.20. The standard InChI is InChI=1S/C7H13NO6S/c1-3-4-6(10)8-7(14-5(2)9)15(11,12)13/h7H,3-4H2,1-2H3,(H,8,10)(H,11,12,13). The van der Waals surface area contributed by atoms with Crippen molar-refractivity contribution in [1.29, 1.82) is 0 Å². The van der Waals surface area contributed by atoms with E-state index in [-0.39, 0.29) is 6.42 Å². The van der Waals surface area contributed by atoms with E-state index in [4.69, 9.17) is 4.55 Å². The lowest BCUT2D eigenvalue weighted by molar-refractivity contribution is -0.145. The molecule has 1 amide bonds. The van der Waals surface area contributed by atoms with E-state index < -0.39 is 27.6 Å². The highest BCUT2D eigenvalue weighted by Gasteiger charge is 2.27. The Hall–Kier alpha value is -1.15. The number of carbonyl (C=O) groups is 2. The highest BCUT2D eigenvalue weighted by Crippen LogP contribution is 1.99. The Labute approximate surface area is 87.5 Å². The third kappa shape index (κ3) is 6.02. The van der Waals surface area contributed by atoms with E-state index in [2.05, 4.69) is 4.74 Å². The van der Waals surface area contributed by atoms with E-state index in [0.29, 0.717) is 6.42 Å². The second kappa shape index (κ2) is 5.66. The number of carbonyl (C=O) groups excluding carboxylic acids is 2. The number of amides is 1. The van der Waals surface area contributed by atoms with Gasteiger partial charge in [-0.25, -0.2) is 0 Å². The number of ether oxygens (including phenoxy) is 1. The van der Waals surface area contributed by atoms with Crippen LogP contribution in [0.2, 0.25) is 0 Å². The van der Waals surface area contributed by atoms with E-state index in [9.17, 15) is 18.0 Å². The molecule has 0 saturated carbocycles. The van der Waals surface area contributed by atoms with Gasteiger partial charge in [-0.2, -0.15) is 8.42 Å². The number of esters is 1. The molecule has 8 heteroatoms. The zero-order valence-electron chi connectivity index (χ0n) is 8.39. The van der Waals surface area contributed by atoms with Gasteiger partial charge in [0.2, 0.25) is 5.91 Å². The molecule has 0 aromatic heterocycles. The summed E-state index contributed by atoms with van der Waals surface area (Å²) >= 11 is 0. The fraction of sp³-hybridized carbons (Fsp3) is 0.714. The fourth-order valence-corrected chi connectivity index (χ4v) is 1.28. The Morgan fingerprint density at radius 3 is 2.33 bits per heavy atom. The molecule has 0 fully saturated rings. The monoisotopic (exact) mass is 239 g/mol. The van der Waals surface area contributed by atoms with Crippen LogP contribution in [0.15, 0.2) is 0 Å². The van der Waals surface area contributed by atoms with Crippen LogP contribution in [0.3, 0.4) is 0 Å². The van der Waals surface area contributed by atoms with Crippen molar-refractivity contribution < 1.29 is 27.3 Å². The molecule has 0 aromatic carbocycles. The predicted molar refractivity (Wildman–Crippen MR) is 50.2 cm³/mol. The van der Waals surface area contributed by atoms with Crippen LogP contribution >= 0.6 is 0 Å². The van der Waals surface area contributed by atoms with Crippen molar-refractivity contribution in [2.75, 3.05) is 0 Å². The molecule has 7 nitrogen and oxygen atoms in total. The number of rotatable bonds is 5. The molecular formula is C7H13NO6S. The first kappa shape index (κ1) is 13.8. The van der Waals surface area contributed by atoms with Gasteiger partial charge in [0.1, 0.15) is 0 Å². The summed E-state index contributed by atoms with van der Waals surface area (Å²) in [6, 6.07) is 0. The van der Waals surface area contributed by atoms with Crippen LogP contribution in [0.25, 0.3) is 0 Å². The van der Waals surface area contributed by atoms with Crippen LogP contribution in [0.1, 0.15) is 26.7 Å². The van der Waals surface area contributed by atoms with E-state index in [1.807, 2.05) is 5.32 Å². The highest BCUT2D eigenvalue weighted by atomic mass is 32.2. The molecule has 0 aliphatic rings. The fourth-order valence-electron chi connectivity index (χ4n) is 0.746. The summed E-state index contributed by atoms with van der Waals surface area (Å²) in [5.74, 6) is -1.55. The minimum absolute atomic E-state index is 0.0767. The van der Waals surface area contributed by atoms with Crippen molar-refractivity contribution in [2.24, 2.45) is 0 Å². The second-order valence-electron chi connectivity index (χ2n) is 2.77. The molecule has 0 saturated heterocycles. The van der Waals surface area contributed by atoms with Crippen molar-refractivity contribution in [3.8, 4) is 0 Å². The Morgan fingerprint density at radius 2 is 2.00 bits per heavy atom. The topological polar surface area (TPSA) is 110 Å². The van der Waals surface area contributed by atoms with Crippen LogP contribution in [0.5, 0.6) is 0 Å². The van der Waals surface area contributed by atoms with Crippen molar-refractivity contribution in [2.45, 2.75) is 32.2 Å². The van der Waals surface area contributed by atoms with Gasteiger partial charge in [0.05, 0.1) is 0 Å². The highest BCUT2D eigenvalue weighted by molar-refractivity contribution is 7.86. The summed E-state index contributed by atoms with van der Waals surface area (Å²) in [7, 11) is -4.65. The predicted octanol–water partition coefficient (Wildman–Crippen LogP) is -0.363. The molecule has 2 N–H and O–H groups in total. The molecule has 1 unspecified atom stereocenters. The van der Waals surface area contributed by atoms with Gasteiger partial charge in [0.15, 0.2) is 0 Å². The van der Waals surface area contributed by atoms with Gasteiger partial charge >= 0.3 is 21.6 Å². The maximum atomic E-state index is 11.0. The summed E-state index contributed by atoms with van der Waals surface area (Å²) in [6.07, 6.45) is 0.581. The Bertz CT molecular complexity index is 335. The minimum Gasteiger partial charge on any atom is -0.424 e. The van der Waals surface area contributed by atoms with Crippen LogP contribution in [-0.2, 0) is 24.4 Å².